The van der Waals surface area contributed by atoms with Crippen LogP contribution in [0.25, 0.3) is 0 Å². The van der Waals surface area contributed by atoms with E-state index in [-0.39, 0.29) is 0 Å². The monoisotopic (exact) mass is 427 g/mol. The molecule has 27 heavy (non-hydrogen) atoms. The molecule has 0 bridgehead atoms. The molecule has 0 spiro atoms. The fourth-order valence-electron chi connectivity index (χ4n) is 2.80. The first-order chi connectivity index (χ1) is 13.1. The van der Waals surface area contributed by atoms with Crippen LogP contribution in [0.2, 0.25) is 0 Å². The predicted octanol–water partition coefficient (Wildman–Crippen LogP) is 3.50. The molecule has 3 aromatic heterocycles. The van der Waals surface area contributed by atoms with Crippen molar-refractivity contribution in [1.82, 2.24) is 19.7 Å². The van der Waals surface area contributed by atoms with E-state index >= 15 is 0 Å². The van der Waals surface area contributed by atoms with Crippen molar-refractivity contribution in [3.63, 3.8) is 0 Å². The van der Waals surface area contributed by atoms with E-state index in [1.807, 2.05) is 18.3 Å². The van der Waals surface area contributed by atoms with Gasteiger partial charge in [-0.3, -0.25) is 9.97 Å². The Hall–Kier alpha value is -2.54. The van der Waals surface area contributed by atoms with Crippen LogP contribution in [0.15, 0.2) is 58.6 Å². The van der Waals surface area contributed by atoms with Gasteiger partial charge >= 0.3 is 0 Å². The Morgan fingerprint density at radius 1 is 1.11 bits per heavy atom. The molecule has 0 amide bonds. The first-order valence-electron chi connectivity index (χ1n) is 8.89. The van der Waals surface area contributed by atoms with Crippen LogP contribution in [-0.2, 0) is 12.8 Å². The van der Waals surface area contributed by atoms with E-state index < -0.39 is 0 Å². The summed E-state index contributed by atoms with van der Waals surface area (Å²) in [7, 11) is 0. The van der Waals surface area contributed by atoms with Gasteiger partial charge in [0.15, 0.2) is 0 Å². The van der Waals surface area contributed by atoms with Crippen LogP contribution in [0.1, 0.15) is 35.2 Å². The topological polar surface area (TPSA) is 76.2 Å². The second-order valence-electron chi connectivity index (χ2n) is 6.39. The number of hydrogen-bond donors (Lipinski definition) is 1. The summed E-state index contributed by atoms with van der Waals surface area (Å²) in [4.78, 5) is 17.1. The second-order valence-corrected chi connectivity index (χ2v) is 7.31. The van der Waals surface area contributed by atoms with Crippen molar-refractivity contribution in [3.05, 3.63) is 81.7 Å². The number of aromatic nitrogens is 4. The zero-order valence-corrected chi connectivity index (χ0v) is 16.8. The predicted molar refractivity (Wildman–Crippen MR) is 106 cm³/mol. The van der Waals surface area contributed by atoms with Crippen LogP contribution in [0.5, 0.6) is 0 Å². The van der Waals surface area contributed by atoms with Gasteiger partial charge in [-0.25, -0.2) is 9.98 Å². The maximum absolute atomic E-state index is 10.1. The van der Waals surface area contributed by atoms with Crippen molar-refractivity contribution >= 4 is 15.9 Å². The molecule has 0 aliphatic rings. The third-order valence-corrected chi connectivity index (χ3v) is 4.66. The Kier molecular flexibility index (Phi) is 6.70. The maximum Gasteiger partial charge on any atom is 0.258 e. The molecule has 0 fully saturated rings. The van der Waals surface area contributed by atoms with Crippen LogP contribution in [0.4, 0.5) is 0 Å². The normalized spacial score (nSPS) is 11.7. The summed E-state index contributed by atoms with van der Waals surface area (Å²) in [5.74, 6) is 0. The molecule has 3 heterocycles. The van der Waals surface area contributed by atoms with E-state index in [0.717, 1.165) is 45.3 Å². The van der Waals surface area contributed by atoms with Gasteiger partial charge < -0.3 is 5.21 Å². The Morgan fingerprint density at radius 3 is 2.67 bits per heavy atom. The molecule has 0 aliphatic heterocycles. The number of rotatable bonds is 7. The van der Waals surface area contributed by atoms with Crippen LogP contribution in [0, 0.1) is 6.92 Å². The van der Waals surface area contributed by atoms with E-state index in [1.54, 1.807) is 24.8 Å². The first-order valence-corrected chi connectivity index (χ1v) is 9.68. The van der Waals surface area contributed by atoms with Crippen LogP contribution in [0.3, 0.4) is 0 Å². The molecule has 3 aromatic rings. The zero-order valence-electron chi connectivity index (χ0n) is 15.2. The number of pyridine rings is 2. The van der Waals surface area contributed by atoms with Crippen molar-refractivity contribution in [3.8, 4) is 0 Å². The molecule has 0 atom stereocenters. The van der Waals surface area contributed by atoms with Crippen molar-refractivity contribution in [2.24, 2.45) is 4.99 Å². The van der Waals surface area contributed by atoms with Gasteiger partial charge in [-0.15, -0.1) is 0 Å². The van der Waals surface area contributed by atoms with E-state index in [1.165, 1.54) is 5.56 Å². The fraction of sp³-hybridized carbons (Fsp3) is 0.300. The molecule has 0 aromatic carbocycles. The minimum Gasteiger partial charge on any atom is -0.425 e. The molecule has 3 rings (SSSR count). The summed E-state index contributed by atoms with van der Waals surface area (Å²) < 4.78 is 2.00. The van der Waals surface area contributed by atoms with Gasteiger partial charge in [0.05, 0.1) is 6.20 Å². The summed E-state index contributed by atoms with van der Waals surface area (Å²) >= 11 is 3.43. The standard InChI is InChI=1S/C20H22BrN5O/c1-15-10-18(21)13-24-19(15)4-2-3-7-23-20-25-12-17(14-26(20)27)11-16-5-8-22-9-6-16/h5-6,8-10,12-14,27H,2-4,7,11H2,1H3. The molecule has 0 saturated carbocycles. The van der Waals surface area contributed by atoms with Crippen LogP contribution in [-0.4, -0.2) is 31.4 Å². The van der Waals surface area contributed by atoms with Crippen molar-refractivity contribution in [2.75, 3.05) is 6.54 Å². The molecule has 6 nitrogen and oxygen atoms in total. The quantitative estimate of drug-likeness (QED) is 0.462. The van der Waals surface area contributed by atoms with E-state index in [9.17, 15) is 5.21 Å². The molecule has 7 heteroatoms. The largest absolute Gasteiger partial charge is 0.425 e. The van der Waals surface area contributed by atoms with E-state index in [4.69, 9.17) is 0 Å². The highest BCUT2D eigenvalue weighted by Gasteiger charge is 2.02. The highest BCUT2D eigenvalue weighted by atomic mass is 79.9. The summed E-state index contributed by atoms with van der Waals surface area (Å²) in [5.41, 5.74) is 4.68. The lowest BCUT2D eigenvalue weighted by molar-refractivity contribution is 0.165. The summed E-state index contributed by atoms with van der Waals surface area (Å²) in [6.07, 6.45) is 12.3. The van der Waals surface area contributed by atoms with Crippen LogP contribution >= 0.6 is 15.9 Å². The smallest absolute Gasteiger partial charge is 0.258 e. The van der Waals surface area contributed by atoms with Gasteiger partial charge in [-0.05, 0) is 77.0 Å². The average molecular weight is 428 g/mol. The Bertz CT molecular complexity index is 956. The number of nitrogens with zero attached hydrogens (tertiary/aromatic N) is 5. The SMILES string of the molecule is Cc1cc(Br)cnc1CCCCN=c1ncc(Cc2ccncc2)cn1O. The van der Waals surface area contributed by atoms with Gasteiger partial charge in [0, 0.05) is 47.9 Å². The van der Waals surface area contributed by atoms with Gasteiger partial charge in [0.2, 0.25) is 0 Å². The number of halogens is 1. The van der Waals surface area contributed by atoms with Crippen LogP contribution < -0.4 is 5.62 Å². The maximum atomic E-state index is 10.1. The molecule has 0 saturated heterocycles. The number of hydrogen-bond acceptors (Lipinski definition) is 5. The third-order valence-electron chi connectivity index (χ3n) is 4.22. The molecular formula is C20H22BrN5O. The summed E-state index contributed by atoms with van der Waals surface area (Å²) in [5, 5.41) is 10.1. The molecule has 0 unspecified atom stereocenters. The third kappa shape index (κ3) is 5.72. The fourth-order valence-corrected chi connectivity index (χ4v) is 3.25. The van der Waals surface area contributed by atoms with E-state index in [0.29, 0.717) is 18.6 Å². The van der Waals surface area contributed by atoms with Crippen molar-refractivity contribution < 1.29 is 5.21 Å². The van der Waals surface area contributed by atoms with Gasteiger partial charge in [0.1, 0.15) is 0 Å². The van der Waals surface area contributed by atoms with E-state index in [2.05, 4.69) is 48.9 Å². The summed E-state index contributed by atoms with van der Waals surface area (Å²) in [6, 6.07) is 5.98. The number of unbranched alkanes of at least 4 members (excludes halogenated alkanes) is 1. The molecular weight excluding hydrogens is 406 g/mol. The minimum absolute atomic E-state index is 0.325. The van der Waals surface area contributed by atoms with Gasteiger partial charge in [-0.1, -0.05) is 0 Å². The highest BCUT2D eigenvalue weighted by Crippen LogP contribution is 2.14. The second kappa shape index (κ2) is 9.41. The summed E-state index contributed by atoms with van der Waals surface area (Å²) in [6.45, 7) is 2.69. The Labute approximate surface area is 166 Å². The lowest BCUT2D eigenvalue weighted by Gasteiger charge is -2.05. The molecule has 1 N–H and O–H groups in total. The van der Waals surface area contributed by atoms with Gasteiger partial charge in [-0.2, -0.15) is 4.73 Å². The highest BCUT2D eigenvalue weighted by molar-refractivity contribution is 9.10. The van der Waals surface area contributed by atoms with Crippen molar-refractivity contribution in [1.29, 1.82) is 0 Å². The van der Waals surface area contributed by atoms with Gasteiger partial charge in [0.25, 0.3) is 5.62 Å². The minimum atomic E-state index is 0.325. The first kappa shape index (κ1) is 19.2. The lowest BCUT2D eigenvalue weighted by Crippen LogP contribution is -2.23. The average Bonchev–Trinajstić information content (AvgIpc) is 2.65. The van der Waals surface area contributed by atoms with Crippen molar-refractivity contribution in [2.45, 2.75) is 32.6 Å². The molecule has 0 radical (unpaired) electrons. The Morgan fingerprint density at radius 2 is 1.93 bits per heavy atom. The Balaban J connectivity index is 1.53. The lowest BCUT2D eigenvalue weighted by atomic mass is 10.1. The molecule has 140 valence electrons. The number of aryl methyl sites for hydroxylation is 2. The molecule has 0 aliphatic carbocycles. The zero-order chi connectivity index (χ0) is 19.1.